The zero-order valence-corrected chi connectivity index (χ0v) is 11.5. The fraction of sp³-hybridized carbons (Fsp3) is 0.333. The third-order valence-electron chi connectivity index (χ3n) is 2.65. The Bertz CT molecular complexity index is 595. The second kappa shape index (κ2) is 5.66. The highest BCUT2D eigenvalue weighted by atomic mass is 32.1. The molecule has 4 nitrogen and oxygen atoms in total. The van der Waals surface area contributed by atoms with E-state index in [0.29, 0.717) is 6.54 Å². The Morgan fingerprint density at radius 3 is 2.75 bits per heavy atom. The second-order valence-corrected chi connectivity index (χ2v) is 5.08. The van der Waals surface area contributed by atoms with E-state index >= 15 is 0 Å². The molecule has 0 atom stereocenters. The van der Waals surface area contributed by atoms with Crippen LogP contribution in [0.1, 0.15) is 23.2 Å². The van der Waals surface area contributed by atoms with Crippen LogP contribution in [0.2, 0.25) is 0 Å². The van der Waals surface area contributed by atoms with Crippen molar-refractivity contribution in [2.45, 2.75) is 26.1 Å². The Balaban J connectivity index is 2.16. The van der Waals surface area contributed by atoms with Gasteiger partial charge in [0.05, 0.1) is 6.54 Å². The van der Waals surface area contributed by atoms with E-state index in [1.807, 2.05) is 18.4 Å². The van der Waals surface area contributed by atoms with Crippen molar-refractivity contribution in [2.24, 2.45) is 0 Å². The molecule has 8 heteroatoms. The van der Waals surface area contributed by atoms with E-state index in [9.17, 15) is 13.2 Å². The average molecular weight is 302 g/mol. The van der Waals surface area contributed by atoms with Gasteiger partial charge in [-0.15, -0.1) is 11.3 Å². The number of halogens is 3. The molecular weight excluding hydrogens is 289 g/mol. The maximum atomic E-state index is 12.6. The first kappa shape index (κ1) is 14.6. The fourth-order valence-electron chi connectivity index (χ4n) is 1.69. The highest BCUT2D eigenvalue weighted by Crippen LogP contribution is 2.28. The lowest BCUT2D eigenvalue weighted by atomic mass is 10.2. The monoisotopic (exact) mass is 302 g/mol. The van der Waals surface area contributed by atoms with Crippen LogP contribution in [0.25, 0.3) is 0 Å². The molecule has 108 valence electrons. The minimum absolute atomic E-state index is 0.0697. The van der Waals surface area contributed by atoms with Gasteiger partial charge in [-0.3, -0.25) is 0 Å². The SMILES string of the molecule is CCc1ccsc1CNc1cc(N)nc(C(F)(F)F)n1. The topological polar surface area (TPSA) is 63.8 Å². The Hall–Kier alpha value is -1.83. The molecule has 0 aliphatic carbocycles. The number of aryl methyl sites for hydroxylation is 1. The molecule has 0 saturated heterocycles. The van der Waals surface area contributed by atoms with Crippen molar-refractivity contribution < 1.29 is 13.2 Å². The van der Waals surface area contributed by atoms with Crippen molar-refractivity contribution in [1.82, 2.24) is 9.97 Å². The van der Waals surface area contributed by atoms with Crippen LogP contribution in [0.15, 0.2) is 17.5 Å². The van der Waals surface area contributed by atoms with Gasteiger partial charge in [0.15, 0.2) is 0 Å². The van der Waals surface area contributed by atoms with E-state index in [-0.39, 0.29) is 11.6 Å². The highest BCUT2D eigenvalue weighted by Gasteiger charge is 2.35. The average Bonchev–Trinajstić information content (AvgIpc) is 2.82. The summed E-state index contributed by atoms with van der Waals surface area (Å²) in [6.07, 6.45) is -3.73. The first-order chi connectivity index (χ1) is 9.40. The molecule has 3 N–H and O–H groups in total. The number of aromatic nitrogens is 2. The van der Waals surface area contributed by atoms with Crippen LogP contribution < -0.4 is 11.1 Å². The number of anilines is 2. The predicted octanol–water partition coefficient (Wildman–Crippen LogP) is 3.31. The van der Waals surface area contributed by atoms with E-state index in [2.05, 4.69) is 15.3 Å². The maximum absolute atomic E-state index is 12.6. The number of nitrogens with one attached hydrogen (secondary N) is 1. The van der Waals surface area contributed by atoms with Crippen LogP contribution in [0.4, 0.5) is 24.8 Å². The van der Waals surface area contributed by atoms with Gasteiger partial charge in [-0.05, 0) is 23.4 Å². The molecule has 2 heterocycles. The lowest BCUT2D eigenvalue weighted by Crippen LogP contribution is -2.14. The number of hydrogen-bond acceptors (Lipinski definition) is 5. The van der Waals surface area contributed by atoms with Crippen molar-refractivity contribution in [3.63, 3.8) is 0 Å². The van der Waals surface area contributed by atoms with Crippen molar-refractivity contribution >= 4 is 23.0 Å². The van der Waals surface area contributed by atoms with Crippen molar-refractivity contribution in [3.8, 4) is 0 Å². The molecular formula is C12H13F3N4S. The molecule has 0 saturated carbocycles. The zero-order chi connectivity index (χ0) is 14.8. The first-order valence-electron chi connectivity index (χ1n) is 5.91. The number of thiophene rings is 1. The molecule has 0 aromatic carbocycles. The molecule has 0 fully saturated rings. The first-order valence-corrected chi connectivity index (χ1v) is 6.79. The number of nitrogens with two attached hydrogens (primary N) is 1. The molecule has 2 aromatic heterocycles. The van der Waals surface area contributed by atoms with E-state index < -0.39 is 12.0 Å². The molecule has 0 aliphatic heterocycles. The van der Waals surface area contributed by atoms with Gasteiger partial charge < -0.3 is 11.1 Å². The van der Waals surface area contributed by atoms with Crippen LogP contribution in [-0.4, -0.2) is 9.97 Å². The van der Waals surface area contributed by atoms with Gasteiger partial charge in [0.1, 0.15) is 11.6 Å². The smallest absolute Gasteiger partial charge is 0.384 e. The summed E-state index contributed by atoms with van der Waals surface area (Å²) in [5.74, 6) is -1.38. The Morgan fingerprint density at radius 1 is 1.35 bits per heavy atom. The molecule has 0 aliphatic rings. The Labute approximate surface area is 117 Å². The Morgan fingerprint density at radius 2 is 2.10 bits per heavy atom. The number of rotatable bonds is 4. The van der Waals surface area contributed by atoms with Crippen LogP contribution >= 0.6 is 11.3 Å². The summed E-state index contributed by atoms with van der Waals surface area (Å²) in [6.45, 7) is 2.44. The molecule has 0 amide bonds. The molecule has 0 spiro atoms. The van der Waals surface area contributed by atoms with E-state index in [1.54, 1.807) is 11.3 Å². The van der Waals surface area contributed by atoms with Gasteiger partial charge in [0.25, 0.3) is 0 Å². The standard InChI is InChI=1S/C12H13F3N4S/c1-2-7-3-4-20-8(7)6-17-10-5-9(16)18-11(19-10)12(13,14)15/h3-5H,2,6H2,1H3,(H3,16,17,18,19). The van der Waals surface area contributed by atoms with Gasteiger partial charge in [0.2, 0.25) is 5.82 Å². The van der Waals surface area contributed by atoms with Gasteiger partial charge in [-0.1, -0.05) is 6.92 Å². The number of nitrogen functional groups attached to an aromatic ring is 1. The minimum Gasteiger partial charge on any atom is -0.384 e. The molecule has 0 unspecified atom stereocenters. The van der Waals surface area contributed by atoms with Crippen LogP contribution in [0, 0.1) is 0 Å². The number of hydrogen-bond donors (Lipinski definition) is 2. The summed E-state index contributed by atoms with van der Waals surface area (Å²) in [6, 6.07) is 3.28. The quantitative estimate of drug-likeness (QED) is 0.909. The molecule has 0 bridgehead atoms. The van der Waals surface area contributed by atoms with Crippen molar-refractivity contribution in [1.29, 1.82) is 0 Å². The predicted molar refractivity (Wildman–Crippen MR) is 72.5 cm³/mol. The summed E-state index contributed by atoms with van der Waals surface area (Å²) < 4.78 is 37.7. The molecule has 0 radical (unpaired) electrons. The van der Waals surface area contributed by atoms with E-state index in [1.165, 1.54) is 11.6 Å². The third-order valence-corrected chi connectivity index (χ3v) is 3.61. The van der Waals surface area contributed by atoms with Crippen LogP contribution in [0.3, 0.4) is 0 Å². The summed E-state index contributed by atoms with van der Waals surface area (Å²) in [4.78, 5) is 7.69. The minimum atomic E-state index is -4.61. The third kappa shape index (κ3) is 3.38. The molecule has 2 rings (SSSR count). The summed E-state index contributed by atoms with van der Waals surface area (Å²) in [5.41, 5.74) is 6.54. The van der Waals surface area contributed by atoms with E-state index in [0.717, 1.165) is 11.3 Å². The number of nitrogens with zero attached hydrogens (tertiary/aromatic N) is 2. The van der Waals surface area contributed by atoms with Crippen LogP contribution in [0.5, 0.6) is 0 Å². The Kier molecular flexibility index (Phi) is 4.12. The van der Waals surface area contributed by atoms with Gasteiger partial charge >= 0.3 is 6.18 Å². The van der Waals surface area contributed by atoms with Crippen molar-refractivity contribution in [3.05, 3.63) is 33.8 Å². The summed E-state index contributed by atoms with van der Waals surface area (Å²) in [7, 11) is 0. The normalized spacial score (nSPS) is 11.6. The lowest BCUT2D eigenvalue weighted by Gasteiger charge is -2.10. The fourth-order valence-corrected chi connectivity index (χ4v) is 2.61. The largest absolute Gasteiger partial charge is 0.451 e. The second-order valence-electron chi connectivity index (χ2n) is 4.08. The van der Waals surface area contributed by atoms with Crippen molar-refractivity contribution in [2.75, 3.05) is 11.1 Å². The van der Waals surface area contributed by atoms with Gasteiger partial charge in [0, 0.05) is 10.9 Å². The lowest BCUT2D eigenvalue weighted by molar-refractivity contribution is -0.144. The van der Waals surface area contributed by atoms with Gasteiger partial charge in [-0.2, -0.15) is 13.2 Å². The molecule has 20 heavy (non-hydrogen) atoms. The highest BCUT2D eigenvalue weighted by molar-refractivity contribution is 7.10. The zero-order valence-electron chi connectivity index (χ0n) is 10.7. The summed E-state index contributed by atoms with van der Waals surface area (Å²) >= 11 is 1.55. The summed E-state index contributed by atoms with van der Waals surface area (Å²) in [5, 5.41) is 4.80. The number of alkyl halides is 3. The van der Waals surface area contributed by atoms with E-state index in [4.69, 9.17) is 5.73 Å². The van der Waals surface area contributed by atoms with Gasteiger partial charge in [-0.25, -0.2) is 9.97 Å². The maximum Gasteiger partial charge on any atom is 0.451 e. The van der Waals surface area contributed by atoms with Crippen LogP contribution in [-0.2, 0) is 19.1 Å². The molecule has 2 aromatic rings.